The standard InChI is InChI=1S/C22H21ClF3N9O2.CH2O2/c1-11(20(36)29-5-4-27)32-21(37)13-3-2-12(8-15(13)23)33-18-19-30-10-16(35(19)7-6-28-18)14-9-31-34-17(14)22(24,25)26;2-1-3/h2-3,6-11H,4-5,27H2,1H3,(H,28,33)(H,29,36)(H,31,34)(H,32,37);1H,(H,2,3)/t11-;/m1./s1. The van der Waals surface area contributed by atoms with Crippen LogP contribution in [0.1, 0.15) is 23.0 Å². The van der Waals surface area contributed by atoms with Crippen molar-refractivity contribution in [3.8, 4) is 11.3 Å². The van der Waals surface area contributed by atoms with Gasteiger partial charge in [0.05, 0.1) is 34.2 Å². The first-order valence-corrected chi connectivity index (χ1v) is 11.8. The molecule has 1 aromatic carbocycles. The number of rotatable bonds is 8. The summed E-state index contributed by atoms with van der Waals surface area (Å²) in [5.41, 5.74) is 5.19. The average Bonchev–Trinajstić information content (AvgIpc) is 3.55. The minimum atomic E-state index is -4.62. The van der Waals surface area contributed by atoms with Crippen LogP contribution in [0, 0.1) is 0 Å². The van der Waals surface area contributed by atoms with Crippen LogP contribution >= 0.6 is 11.6 Å². The van der Waals surface area contributed by atoms with Crippen LogP contribution in [-0.4, -0.2) is 67.1 Å². The largest absolute Gasteiger partial charge is 0.483 e. The van der Waals surface area contributed by atoms with Gasteiger partial charge in [0, 0.05) is 31.2 Å². The van der Waals surface area contributed by atoms with Crippen molar-refractivity contribution < 1.29 is 32.7 Å². The van der Waals surface area contributed by atoms with Gasteiger partial charge >= 0.3 is 6.18 Å². The number of halogens is 4. The number of hydrogen-bond acceptors (Lipinski definition) is 8. The lowest BCUT2D eigenvalue weighted by Gasteiger charge is -2.15. The van der Waals surface area contributed by atoms with Crippen molar-refractivity contribution in [2.24, 2.45) is 5.73 Å². The number of nitrogens with zero attached hydrogens (tertiary/aromatic N) is 4. The summed E-state index contributed by atoms with van der Waals surface area (Å²) in [4.78, 5) is 41.3. The molecule has 0 aliphatic rings. The zero-order chi connectivity index (χ0) is 29.4. The lowest BCUT2D eigenvalue weighted by Crippen LogP contribution is -2.46. The van der Waals surface area contributed by atoms with E-state index in [0.717, 1.165) is 6.20 Å². The molecule has 4 aromatic rings. The molecule has 0 bridgehead atoms. The fraction of sp³-hybridized carbons (Fsp3) is 0.217. The Bertz CT molecular complexity index is 1510. The molecule has 0 saturated heterocycles. The Labute approximate surface area is 228 Å². The summed E-state index contributed by atoms with van der Waals surface area (Å²) in [6, 6.07) is 3.69. The molecule has 0 unspecified atom stereocenters. The third-order valence-electron chi connectivity index (χ3n) is 5.29. The number of aromatic nitrogens is 5. The van der Waals surface area contributed by atoms with Crippen molar-refractivity contribution >= 4 is 47.0 Å². The highest BCUT2D eigenvalue weighted by molar-refractivity contribution is 6.34. The van der Waals surface area contributed by atoms with Gasteiger partial charge in [-0.2, -0.15) is 18.3 Å². The highest BCUT2D eigenvalue weighted by Crippen LogP contribution is 2.36. The molecule has 1 atom stereocenters. The minimum Gasteiger partial charge on any atom is -0.483 e. The van der Waals surface area contributed by atoms with Crippen LogP contribution in [0.15, 0.2) is 43.0 Å². The number of benzene rings is 1. The van der Waals surface area contributed by atoms with E-state index in [0.29, 0.717) is 5.69 Å². The molecule has 2 amide bonds. The number of imidazole rings is 1. The van der Waals surface area contributed by atoms with E-state index in [-0.39, 0.29) is 58.8 Å². The predicted octanol–water partition coefficient (Wildman–Crippen LogP) is 2.43. The van der Waals surface area contributed by atoms with Gasteiger partial charge in [0.2, 0.25) is 5.91 Å². The van der Waals surface area contributed by atoms with Crippen molar-refractivity contribution in [2.75, 3.05) is 18.4 Å². The Balaban J connectivity index is 0.00000141. The van der Waals surface area contributed by atoms with E-state index in [1.54, 1.807) is 6.07 Å². The van der Waals surface area contributed by atoms with E-state index in [2.05, 4.69) is 31.0 Å². The number of amides is 2. The van der Waals surface area contributed by atoms with Crippen molar-refractivity contribution in [3.05, 3.63) is 59.3 Å². The highest BCUT2D eigenvalue weighted by Gasteiger charge is 2.36. The zero-order valence-electron chi connectivity index (χ0n) is 20.7. The van der Waals surface area contributed by atoms with Crippen LogP contribution < -0.4 is 21.7 Å². The molecule has 13 nitrogen and oxygen atoms in total. The first kappa shape index (κ1) is 29.9. The Morgan fingerprint density at radius 3 is 2.65 bits per heavy atom. The number of nitrogens with two attached hydrogens (primary N) is 1. The van der Waals surface area contributed by atoms with Gasteiger partial charge in [0.15, 0.2) is 11.5 Å². The van der Waals surface area contributed by atoms with Gasteiger partial charge in [-0.05, 0) is 25.1 Å². The molecular weight excluding hydrogens is 559 g/mol. The number of anilines is 2. The first-order chi connectivity index (χ1) is 19.0. The Morgan fingerprint density at radius 2 is 2.00 bits per heavy atom. The maximum Gasteiger partial charge on any atom is 0.433 e. The average molecular weight is 582 g/mol. The van der Waals surface area contributed by atoms with Crippen LogP contribution in [0.5, 0.6) is 0 Å². The molecule has 0 fully saturated rings. The predicted molar refractivity (Wildman–Crippen MR) is 138 cm³/mol. The molecule has 0 spiro atoms. The van der Waals surface area contributed by atoms with E-state index < -0.39 is 23.8 Å². The number of aromatic amines is 1. The Morgan fingerprint density at radius 1 is 1.27 bits per heavy atom. The summed E-state index contributed by atoms with van der Waals surface area (Å²) in [5.74, 6) is -0.695. The fourth-order valence-electron chi connectivity index (χ4n) is 3.51. The lowest BCUT2D eigenvalue weighted by molar-refractivity contribution is -0.140. The van der Waals surface area contributed by atoms with Gasteiger partial charge in [0.25, 0.3) is 12.4 Å². The minimum absolute atomic E-state index is 0.0984. The Hall–Kier alpha value is -4.70. The van der Waals surface area contributed by atoms with Crippen LogP contribution in [0.25, 0.3) is 16.9 Å². The van der Waals surface area contributed by atoms with Crippen LogP contribution in [0.2, 0.25) is 5.02 Å². The summed E-state index contributed by atoms with van der Waals surface area (Å²) >= 11 is 6.31. The number of nitrogens with one attached hydrogen (secondary N) is 4. The molecule has 0 aliphatic carbocycles. The highest BCUT2D eigenvalue weighted by atomic mass is 35.5. The number of hydrogen-bond donors (Lipinski definition) is 6. The molecule has 3 aromatic heterocycles. The van der Waals surface area contributed by atoms with Crippen LogP contribution in [0.4, 0.5) is 24.7 Å². The second-order valence-corrected chi connectivity index (χ2v) is 8.38. The molecule has 0 radical (unpaired) electrons. The van der Waals surface area contributed by atoms with E-state index in [4.69, 9.17) is 27.2 Å². The first-order valence-electron chi connectivity index (χ1n) is 11.4. The third-order valence-corrected chi connectivity index (χ3v) is 5.60. The molecule has 3 heterocycles. The van der Waals surface area contributed by atoms with Crippen LogP contribution in [-0.2, 0) is 15.8 Å². The monoisotopic (exact) mass is 581 g/mol. The molecule has 0 saturated carbocycles. The lowest BCUT2D eigenvalue weighted by atomic mass is 10.1. The van der Waals surface area contributed by atoms with Crippen molar-refractivity contribution in [2.45, 2.75) is 19.1 Å². The van der Waals surface area contributed by atoms with Gasteiger partial charge in [-0.25, -0.2) is 9.97 Å². The normalized spacial score (nSPS) is 11.8. The number of H-pyrrole nitrogens is 1. The molecular formula is C23H23ClF3N9O4. The SMILES string of the molecule is C[C@@H](NC(=O)c1ccc(Nc2nccn3c(-c4cn[nH]c4C(F)(F)F)cnc23)cc1Cl)C(=O)NCCN.O=CO. The number of alkyl halides is 3. The molecule has 40 heavy (non-hydrogen) atoms. The fourth-order valence-corrected chi connectivity index (χ4v) is 3.77. The summed E-state index contributed by atoms with van der Waals surface area (Å²) in [6.45, 7) is 1.83. The number of carboxylic acid groups (broad SMARTS) is 1. The second kappa shape index (κ2) is 12.9. The Kier molecular flexibility index (Phi) is 9.63. The number of carbonyl (C=O) groups excluding carboxylic acids is 2. The van der Waals surface area contributed by atoms with Gasteiger partial charge in [0.1, 0.15) is 11.7 Å². The van der Waals surface area contributed by atoms with Gasteiger partial charge in [-0.3, -0.25) is 23.9 Å². The molecule has 0 aliphatic heterocycles. The van der Waals surface area contributed by atoms with Crippen LogP contribution in [0.3, 0.4) is 0 Å². The molecule has 17 heteroatoms. The van der Waals surface area contributed by atoms with Gasteiger partial charge < -0.3 is 26.8 Å². The number of carbonyl (C=O) groups is 3. The van der Waals surface area contributed by atoms with Crippen molar-refractivity contribution in [3.63, 3.8) is 0 Å². The molecule has 4 rings (SSSR count). The number of fused-ring (bicyclic) bond motifs is 1. The van der Waals surface area contributed by atoms with E-state index in [1.807, 2.05) is 5.10 Å². The van der Waals surface area contributed by atoms with E-state index >= 15 is 0 Å². The maximum absolute atomic E-state index is 13.3. The molecule has 212 valence electrons. The van der Waals surface area contributed by atoms with Crippen molar-refractivity contribution in [1.29, 1.82) is 0 Å². The summed E-state index contributed by atoms with van der Waals surface area (Å²) in [5, 5.41) is 20.6. The zero-order valence-corrected chi connectivity index (χ0v) is 21.4. The topological polar surface area (TPSA) is 192 Å². The third kappa shape index (κ3) is 6.83. The van der Waals surface area contributed by atoms with E-state index in [9.17, 15) is 22.8 Å². The van der Waals surface area contributed by atoms with E-state index in [1.165, 1.54) is 42.0 Å². The van der Waals surface area contributed by atoms with Gasteiger partial charge in [-0.15, -0.1) is 0 Å². The summed E-state index contributed by atoms with van der Waals surface area (Å²) < 4.78 is 41.4. The quantitative estimate of drug-likeness (QED) is 0.169. The van der Waals surface area contributed by atoms with Gasteiger partial charge in [-0.1, -0.05) is 11.6 Å². The molecule has 7 N–H and O–H groups in total. The summed E-state index contributed by atoms with van der Waals surface area (Å²) in [7, 11) is 0. The summed E-state index contributed by atoms with van der Waals surface area (Å²) in [6.07, 6.45) is 0.607. The maximum atomic E-state index is 13.3. The second-order valence-electron chi connectivity index (χ2n) is 7.97. The van der Waals surface area contributed by atoms with Crippen molar-refractivity contribution in [1.82, 2.24) is 35.2 Å². The smallest absolute Gasteiger partial charge is 0.433 e.